The van der Waals surface area contributed by atoms with Gasteiger partial charge in [0.25, 0.3) is 11.6 Å². The first-order valence-electron chi connectivity index (χ1n) is 6.34. The molecule has 8 nitrogen and oxygen atoms in total. The minimum absolute atomic E-state index is 0.0297. The van der Waals surface area contributed by atoms with Gasteiger partial charge in [0, 0.05) is 17.7 Å². The van der Waals surface area contributed by atoms with E-state index in [9.17, 15) is 14.9 Å². The Morgan fingerprint density at radius 2 is 2.05 bits per heavy atom. The number of hydrogen-bond acceptors (Lipinski definition) is 5. The number of fused-ring (bicyclic) bond motifs is 1. The Labute approximate surface area is 124 Å². The molecule has 4 N–H and O–H groups in total. The molecule has 0 radical (unpaired) electrons. The van der Waals surface area contributed by atoms with E-state index in [0.717, 1.165) is 0 Å². The summed E-state index contributed by atoms with van der Waals surface area (Å²) in [5, 5.41) is 10.8. The average molecular weight is 297 g/mol. The zero-order chi connectivity index (χ0) is 15.7. The summed E-state index contributed by atoms with van der Waals surface area (Å²) < 4.78 is 0. The number of aromatic amines is 1. The van der Waals surface area contributed by atoms with Crippen LogP contribution in [0.3, 0.4) is 0 Å². The molecule has 8 heteroatoms. The number of carbonyl (C=O) groups is 1. The van der Waals surface area contributed by atoms with Crippen molar-refractivity contribution in [1.29, 1.82) is 0 Å². The lowest BCUT2D eigenvalue weighted by molar-refractivity contribution is -0.384. The van der Waals surface area contributed by atoms with Gasteiger partial charge in [-0.25, -0.2) is 10.8 Å². The zero-order valence-corrected chi connectivity index (χ0v) is 11.2. The van der Waals surface area contributed by atoms with Crippen LogP contribution in [0, 0.1) is 10.1 Å². The fourth-order valence-corrected chi connectivity index (χ4v) is 2.20. The standard InChI is InChI=1S/C14H11N5O3/c15-18-14(20)10-5-2-6-11-12(10)17-13(16-11)8-3-1-4-9(7-8)19(21)22/h1-7H,15H2,(H,16,17)(H,18,20). The van der Waals surface area contributed by atoms with Crippen LogP contribution in [0.5, 0.6) is 0 Å². The Hall–Kier alpha value is -3.26. The minimum Gasteiger partial charge on any atom is -0.338 e. The highest BCUT2D eigenvalue weighted by Crippen LogP contribution is 2.25. The quantitative estimate of drug-likeness (QED) is 0.294. The highest BCUT2D eigenvalue weighted by molar-refractivity contribution is 6.05. The van der Waals surface area contributed by atoms with E-state index in [0.29, 0.717) is 28.0 Å². The van der Waals surface area contributed by atoms with Crippen LogP contribution >= 0.6 is 0 Å². The molecule has 0 saturated heterocycles. The molecule has 0 atom stereocenters. The lowest BCUT2D eigenvalue weighted by Crippen LogP contribution is -2.30. The molecule has 3 aromatic rings. The van der Waals surface area contributed by atoms with E-state index < -0.39 is 10.8 Å². The number of carbonyl (C=O) groups excluding carboxylic acids is 1. The van der Waals surface area contributed by atoms with Crippen LogP contribution in [0.1, 0.15) is 10.4 Å². The highest BCUT2D eigenvalue weighted by Gasteiger charge is 2.15. The Morgan fingerprint density at radius 3 is 2.77 bits per heavy atom. The van der Waals surface area contributed by atoms with Gasteiger partial charge >= 0.3 is 0 Å². The Balaban J connectivity index is 2.15. The zero-order valence-electron chi connectivity index (χ0n) is 11.2. The van der Waals surface area contributed by atoms with Crippen molar-refractivity contribution in [1.82, 2.24) is 15.4 Å². The third kappa shape index (κ3) is 2.27. The number of amides is 1. The second-order valence-electron chi connectivity index (χ2n) is 4.57. The number of nitrogen functional groups attached to an aromatic ring is 1. The van der Waals surface area contributed by atoms with Gasteiger partial charge in [0.05, 0.1) is 16.0 Å². The van der Waals surface area contributed by atoms with Crippen molar-refractivity contribution in [3.8, 4) is 11.4 Å². The third-order valence-electron chi connectivity index (χ3n) is 3.22. The van der Waals surface area contributed by atoms with E-state index in [-0.39, 0.29) is 5.69 Å². The number of rotatable bonds is 3. The number of nitrogens with one attached hydrogen (secondary N) is 2. The Morgan fingerprint density at radius 1 is 1.27 bits per heavy atom. The summed E-state index contributed by atoms with van der Waals surface area (Å²) >= 11 is 0. The number of imidazole rings is 1. The summed E-state index contributed by atoms with van der Waals surface area (Å²) in [6.07, 6.45) is 0. The van der Waals surface area contributed by atoms with E-state index in [1.54, 1.807) is 30.3 Å². The SMILES string of the molecule is NNC(=O)c1cccc2[nH]c(-c3cccc([N+](=O)[O-])c3)nc12. The van der Waals surface area contributed by atoms with Crippen LogP contribution in [-0.4, -0.2) is 20.8 Å². The molecule has 0 aliphatic carbocycles. The molecular weight excluding hydrogens is 286 g/mol. The molecule has 22 heavy (non-hydrogen) atoms. The summed E-state index contributed by atoms with van der Waals surface area (Å²) in [5.74, 6) is 5.14. The highest BCUT2D eigenvalue weighted by atomic mass is 16.6. The molecule has 1 amide bonds. The number of non-ortho nitro benzene ring substituents is 1. The van der Waals surface area contributed by atoms with Gasteiger partial charge in [-0.05, 0) is 12.1 Å². The molecule has 0 aliphatic rings. The van der Waals surface area contributed by atoms with Crippen LogP contribution in [0.4, 0.5) is 5.69 Å². The Kier molecular flexibility index (Phi) is 3.28. The average Bonchev–Trinajstić information content (AvgIpc) is 2.98. The third-order valence-corrected chi connectivity index (χ3v) is 3.22. The monoisotopic (exact) mass is 297 g/mol. The van der Waals surface area contributed by atoms with Crippen LogP contribution < -0.4 is 11.3 Å². The van der Waals surface area contributed by atoms with E-state index >= 15 is 0 Å². The first kappa shape index (κ1) is 13.7. The maximum atomic E-state index is 11.7. The number of nitrogens with two attached hydrogens (primary N) is 1. The molecule has 1 aromatic heterocycles. The summed E-state index contributed by atoms with van der Waals surface area (Å²) in [7, 11) is 0. The van der Waals surface area contributed by atoms with Crippen LogP contribution in [0.25, 0.3) is 22.4 Å². The van der Waals surface area contributed by atoms with Gasteiger partial charge in [0.15, 0.2) is 0 Å². The molecule has 0 fully saturated rings. The number of nitrogens with zero attached hydrogens (tertiary/aromatic N) is 2. The number of hydrazine groups is 1. The van der Waals surface area contributed by atoms with Gasteiger partial charge in [-0.15, -0.1) is 0 Å². The van der Waals surface area contributed by atoms with Crippen molar-refractivity contribution >= 4 is 22.6 Å². The molecule has 2 aromatic carbocycles. The van der Waals surface area contributed by atoms with Gasteiger partial charge < -0.3 is 4.98 Å². The van der Waals surface area contributed by atoms with Gasteiger partial charge in [-0.1, -0.05) is 18.2 Å². The van der Waals surface area contributed by atoms with Gasteiger partial charge in [0.2, 0.25) is 0 Å². The lowest BCUT2D eigenvalue weighted by atomic mass is 10.2. The first-order chi connectivity index (χ1) is 10.6. The van der Waals surface area contributed by atoms with E-state index in [4.69, 9.17) is 5.84 Å². The second-order valence-corrected chi connectivity index (χ2v) is 4.57. The maximum Gasteiger partial charge on any atom is 0.270 e. The summed E-state index contributed by atoms with van der Waals surface area (Å²) in [5.41, 5.74) is 4.01. The van der Waals surface area contributed by atoms with Crippen molar-refractivity contribution in [3.63, 3.8) is 0 Å². The topological polar surface area (TPSA) is 127 Å². The number of benzene rings is 2. The number of para-hydroxylation sites is 1. The fraction of sp³-hybridized carbons (Fsp3) is 0. The molecule has 0 spiro atoms. The molecule has 0 saturated carbocycles. The van der Waals surface area contributed by atoms with Gasteiger partial charge in [-0.2, -0.15) is 0 Å². The van der Waals surface area contributed by atoms with Crippen molar-refractivity contribution in [3.05, 3.63) is 58.1 Å². The van der Waals surface area contributed by atoms with Crippen LogP contribution in [0.15, 0.2) is 42.5 Å². The van der Waals surface area contributed by atoms with Crippen molar-refractivity contribution in [2.45, 2.75) is 0 Å². The van der Waals surface area contributed by atoms with E-state index in [1.165, 1.54) is 12.1 Å². The van der Waals surface area contributed by atoms with Gasteiger partial charge in [-0.3, -0.25) is 20.3 Å². The van der Waals surface area contributed by atoms with E-state index in [1.807, 2.05) is 0 Å². The smallest absolute Gasteiger partial charge is 0.270 e. The summed E-state index contributed by atoms with van der Waals surface area (Å²) in [4.78, 5) is 29.5. The molecule has 0 unspecified atom stereocenters. The number of nitro benzene ring substituents is 1. The fourth-order valence-electron chi connectivity index (χ4n) is 2.20. The van der Waals surface area contributed by atoms with Crippen molar-refractivity contribution in [2.24, 2.45) is 5.84 Å². The van der Waals surface area contributed by atoms with Crippen LogP contribution in [0.2, 0.25) is 0 Å². The first-order valence-corrected chi connectivity index (χ1v) is 6.34. The molecule has 0 aliphatic heterocycles. The number of hydrogen-bond donors (Lipinski definition) is 3. The maximum absolute atomic E-state index is 11.7. The number of H-pyrrole nitrogens is 1. The molecular formula is C14H11N5O3. The molecule has 3 rings (SSSR count). The summed E-state index contributed by atoms with van der Waals surface area (Å²) in [6.45, 7) is 0. The second kappa shape index (κ2) is 5.26. The van der Waals surface area contributed by atoms with Crippen molar-refractivity contribution in [2.75, 3.05) is 0 Å². The van der Waals surface area contributed by atoms with Crippen LogP contribution in [-0.2, 0) is 0 Å². The molecule has 1 heterocycles. The normalized spacial score (nSPS) is 10.6. The van der Waals surface area contributed by atoms with Crippen molar-refractivity contribution < 1.29 is 9.72 Å². The van der Waals surface area contributed by atoms with Gasteiger partial charge in [0.1, 0.15) is 11.3 Å². The predicted octanol–water partition coefficient (Wildman–Crippen LogP) is 1.74. The largest absolute Gasteiger partial charge is 0.338 e. The Bertz CT molecular complexity index is 887. The molecule has 0 bridgehead atoms. The number of nitro groups is 1. The van der Waals surface area contributed by atoms with E-state index in [2.05, 4.69) is 15.4 Å². The molecule has 110 valence electrons. The summed E-state index contributed by atoms with van der Waals surface area (Å²) in [6, 6.07) is 11.2. The lowest BCUT2D eigenvalue weighted by Gasteiger charge is -1.99. The predicted molar refractivity (Wildman–Crippen MR) is 79.8 cm³/mol. The number of aromatic nitrogens is 2. The minimum atomic E-state index is -0.473.